The number of halogens is 11. The van der Waals surface area contributed by atoms with E-state index in [0.717, 1.165) is 48.9 Å². The van der Waals surface area contributed by atoms with Gasteiger partial charge in [-0.1, -0.05) is 78.3 Å². The lowest BCUT2D eigenvalue weighted by molar-refractivity contribution is -0.138. The number of H-pyrrole nitrogens is 2. The summed E-state index contributed by atoms with van der Waals surface area (Å²) in [6.45, 7) is 4.65. The molecule has 0 unspecified atom stereocenters. The van der Waals surface area contributed by atoms with Gasteiger partial charge in [0.15, 0.2) is 0 Å². The number of carbonyl (C=O) groups excluding carboxylic acids is 2. The van der Waals surface area contributed by atoms with Crippen LogP contribution in [0.15, 0.2) is 146 Å². The number of aromatic nitrogens is 4. The summed E-state index contributed by atoms with van der Waals surface area (Å²) in [5, 5.41) is 13.6. The van der Waals surface area contributed by atoms with Gasteiger partial charge in [0.2, 0.25) is 23.7 Å². The van der Waals surface area contributed by atoms with E-state index in [2.05, 4.69) is 36.3 Å². The number of carbonyl (C=O) groups is 2. The van der Waals surface area contributed by atoms with E-state index in [9.17, 15) is 53.5 Å². The van der Waals surface area contributed by atoms with Crippen LogP contribution >= 0.6 is 15.9 Å². The Morgan fingerprint density at radius 1 is 0.540 bits per heavy atom. The highest BCUT2D eigenvalue weighted by atomic mass is 79.9. The van der Waals surface area contributed by atoms with Crippen LogP contribution in [0.5, 0.6) is 11.5 Å². The summed E-state index contributed by atoms with van der Waals surface area (Å²) < 4.78 is 150. The van der Waals surface area contributed by atoms with Gasteiger partial charge in [0.1, 0.15) is 29.7 Å². The van der Waals surface area contributed by atoms with E-state index in [0.29, 0.717) is 99.0 Å². The molecule has 11 nitrogen and oxygen atoms in total. The second-order valence-corrected chi connectivity index (χ2v) is 20.5. The van der Waals surface area contributed by atoms with E-state index in [-0.39, 0.29) is 46.6 Å². The fourth-order valence-electron chi connectivity index (χ4n) is 9.00. The largest absolute Gasteiger partial charge is 0.494 e. The third-order valence-electron chi connectivity index (χ3n) is 13.2. The van der Waals surface area contributed by atoms with Crippen molar-refractivity contribution in [2.45, 2.75) is 58.3 Å². The molecule has 8 aromatic rings. The van der Waals surface area contributed by atoms with Gasteiger partial charge in [0.05, 0.1) is 39.5 Å². The number of nitrogens with one attached hydrogen (secondary N) is 2. The molecule has 0 aliphatic carbocycles. The Labute approximate surface area is 505 Å². The van der Waals surface area contributed by atoms with Gasteiger partial charge in [-0.05, 0) is 185 Å². The SMILES string of the molecule is CC/C(=C(/c1ccc(OCCCC/C=C/C(=O)N(C)C)cc1)c1ccc2n[nH]c(F)c2c1)c1cc(F)cc(C(F)(F)F)c1.CC/C(=C(/c1ccc(OCCN)cc1)c1ccc2n[nH]c(F)c2c1)c1cc(F)cc(C(F)(F)F)c1.CN(C)C(=O)/C=C/CBr. The number of unbranched alkanes of at least 4 members (excludes halogenated alkanes) is 2. The summed E-state index contributed by atoms with van der Waals surface area (Å²) in [6, 6.07) is 28.7. The lowest BCUT2D eigenvalue weighted by Crippen LogP contribution is -2.18. The Hall–Kier alpha value is -8.50. The Bertz CT molecular complexity index is 3760. The number of hydrogen-bond acceptors (Lipinski definition) is 7. The first-order valence-corrected chi connectivity index (χ1v) is 28.5. The zero-order valence-electron chi connectivity index (χ0n) is 48.4. The number of nitrogens with two attached hydrogens (primary N) is 1. The van der Waals surface area contributed by atoms with E-state index >= 15 is 0 Å². The summed E-state index contributed by atoms with van der Waals surface area (Å²) in [4.78, 5) is 25.3. The molecule has 22 heteroatoms. The van der Waals surface area contributed by atoms with E-state index in [1.807, 2.05) is 6.08 Å². The normalized spacial score (nSPS) is 12.3. The van der Waals surface area contributed by atoms with Crippen molar-refractivity contribution in [3.05, 3.63) is 214 Å². The second kappa shape index (κ2) is 31.2. The van der Waals surface area contributed by atoms with Crippen LogP contribution in [0.3, 0.4) is 0 Å². The smallest absolute Gasteiger partial charge is 0.416 e. The first kappa shape index (κ1) is 67.6. The van der Waals surface area contributed by atoms with Crippen molar-refractivity contribution in [2.24, 2.45) is 5.73 Å². The first-order valence-electron chi connectivity index (χ1n) is 27.4. The molecule has 0 saturated heterocycles. The molecule has 8 rings (SSSR count). The maximum Gasteiger partial charge on any atom is 0.416 e. The molecule has 0 spiro atoms. The predicted octanol–water partition coefficient (Wildman–Crippen LogP) is 16.0. The molecule has 2 amide bonds. The fraction of sp³-hybridized carbons (Fsp3) is 0.262. The average molecular weight is 1280 g/mol. The zero-order chi connectivity index (χ0) is 63.6. The summed E-state index contributed by atoms with van der Waals surface area (Å²) in [5.41, 5.74) is 8.64. The standard InChI is InChI=1S/C33H32F5N3O2.C26H22F5N3O.C6H10BrNO/c1-4-27(23-17-24(33(36,37)38)20-25(34)18-23)31(22-12-15-29-28(19-22)32(35)40-39-29)21-10-13-26(14-11-21)43-16-8-6-5-7-9-30(42)41(2)3;1-2-21(17-11-18(26(29,30)31)14-19(27)12-17)24(15-3-6-20(7-4-15)35-10-9-32)16-5-8-23-22(13-16)25(28)34-33-23;1-8(2)6(9)4-3-5-7/h7,9-15,17-20H,4-6,8,16H2,1-3H3,(H,39,40);3-8,11-14H,2,9-10,32H2,1H3,(H,33,34);3-4H,5H2,1-2H3/b9-7+,31-27+;24-21+;4-3+. The average Bonchev–Trinajstić information content (AvgIpc) is 1.95. The second-order valence-electron chi connectivity index (χ2n) is 19.9. The fourth-order valence-corrected chi connectivity index (χ4v) is 9.19. The molecular formula is C65H64BrF10N7O4. The van der Waals surface area contributed by atoms with Crippen LogP contribution in [-0.2, 0) is 21.9 Å². The number of aromatic amines is 2. The van der Waals surface area contributed by atoms with Gasteiger partial charge in [0.25, 0.3) is 0 Å². The molecular weight excluding hydrogens is 1210 g/mol. The molecule has 87 heavy (non-hydrogen) atoms. The highest BCUT2D eigenvalue weighted by Gasteiger charge is 2.33. The number of amides is 2. The van der Waals surface area contributed by atoms with Crippen molar-refractivity contribution in [1.82, 2.24) is 30.2 Å². The molecule has 0 aliphatic heterocycles. The Morgan fingerprint density at radius 3 is 1.32 bits per heavy atom. The number of ether oxygens (including phenoxy) is 2. The van der Waals surface area contributed by atoms with Gasteiger partial charge < -0.3 is 25.0 Å². The third kappa shape index (κ3) is 18.7. The van der Waals surface area contributed by atoms with Crippen molar-refractivity contribution in [2.75, 3.05) is 53.3 Å². The molecule has 0 bridgehead atoms. The van der Waals surface area contributed by atoms with Gasteiger partial charge in [-0.15, -0.1) is 0 Å². The summed E-state index contributed by atoms with van der Waals surface area (Å²) in [7, 11) is 6.83. The molecule has 460 valence electrons. The van der Waals surface area contributed by atoms with Gasteiger partial charge in [-0.3, -0.25) is 19.8 Å². The quantitative estimate of drug-likeness (QED) is 0.0227. The molecule has 6 aromatic carbocycles. The minimum Gasteiger partial charge on any atom is -0.494 e. The van der Waals surface area contributed by atoms with Crippen LogP contribution in [-0.4, -0.2) is 95.3 Å². The van der Waals surface area contributed by atoms with Crippen LogP contribution in [0, 0.1) is 23.5 Å². The van der Waals surface area contributed by atoms with Crippen LogP contribution < -0.4 is 15.2 Å². The number of fused-ring (bicyclic) bond motifs is 2. The number of alkyl halides is 7. The number of likely N-dealkylation sites (N-methyl/N-ethyl adjacent to an activating group) is 2. The van der Waals surface area contributed by atoms with Crippen LogP contribution in [0.2, 0.25) is 0 Å². The van der Waals surface area contributed by atoms with Crippen LogP contribution in [0.1, 0.15) is 90.5 Å². The van der Waals surface area contributed by atoms with Crippen LogP contribution in [0.25, 0.3) is 44.1 Å². The maximum atomic E-state index is 14.5. The minimum absolute atomic E-state index is 0.0226. The van der Waals surface area contributed by atoms with Crippen molar-refractivity contribution >= 4 is 71.8 Å². The van der Waals surface area contributed by atoms with E-state index in [1.54, 1.807) is 139 Å². The highest BCUT2D eigenvalue weighted by Crippen LogP contribution is 2.41. The van der Waals surface area contributed by atoms with Gasteiger partial charge in [0, 0.05) is 40.1 Å². The van der Waals surface area contributed by atoms with Crippen LogP contribution in [0.4, 0.5) is 43.9 Å². The number of rotatable bonds is 20. The molecule has 2 heterocycles. The third-order valence-corrected chi connectivity index (χ3v) is 13.6. The van der Waals surface area contributed by atoms with E-state index in [1.165, 1.54) is 15.9 Å². The van der Waals surface area contributed by atoms with Crippen molar-refractivity contribution in [3.63, 3.8) is 0 Å². The number of hydrogen-bond donors (Lipinski definition) is 3. The predicted molar refractivity (Wildman–Crippen MR) is 324 cm³/mol. The number of benzene rings is 6. The summed E-state index contributed by atoms with van der Waals surface area (Å²) >= 11 is 3.17. The topological polar surface area (TPSA) is 142 Å². The molecule has 0 radical (unpaired) electrons. The van der Waals surface area contributed by atoms with E-state index < -0.39 is 47.0 Å². The molecule has 2 aromatic heterocycles. The molecule has 0 saturated carbocycles. The molecule has 0 fully saturated rings. The minimum atomic E-state index is -4.73. The van der Waals surface area contributed by atoms with Gasteiger partial charge >= 0.3 is 12.4 Å². The van der Waals surface area contributed by atoms with Crippen molar-refractivity contribution in [1.29, 1.82) is 0 Å². The Kier molecular flexibility index (Phi) is 24.3. The Morgan fingerprint density at radius 2 is 0.943 bits per heavy atom. The lowest BCUT2D eigenvalue weighted by Gasteiger charge is -2.18. The Balaban J connectivity index is 0.000000247. The number of nitrogens with zero attached hydrogens (tertiary/aromatic N) is 4. The molecule has 0 aliphatic rings. The molecule has 4 N–H and O–H groups in total. The van der Waals surface area contributed by atoms with Gasteiger partial charge in [-0.25, -0.2) is 8.78 Å². The monoisotopic (exact) mass is 1280 g/mol. The molecule has 0 atom stereocenters. The highest BCUT2D eigenvalue weighted by molar-refractivity contribution is 9.09. The zero-order valence-corrected chi connectivity index (χ0v) is 50.0. The van der Waals surface area contributed by atoms with E-state index in [4.69, 9.17) is 15.2 Å². The summed E-state index contributed by atoms with van der Waals surface area (Å²) in [5.74, 6) is -2.15. The van der Waals surface area contributed by atoms with Gasteiger partial charge in [-0.2, -0.15) is 45.3 Å². The van der Waals surface area contributed by atoms with Crippen molar-refractivity contribution in [3.8, 4) is 11.5 Å². The lowest BCUT2D eigenvalue weighted by atomic mass is 9.87. The first-order chi connectivity index (χ1) is 41.4. The number of allylic oxidation sites excluding steroid dienone is 4. The maximum absolute atomic E-state index is 14.5. The summed E-state index contributed by atoms with van der Waals surface area (Å²) in [6.07, 6.45) is 0.144. The van der Waals surface area contributed by atoms with Crippen molar-refractivity contribution < 1.29 is 63.0 Å².